The highest BCUT2D eigenvalue weighted by Crippen LogP contribution is 2.31. The average Bonchev–Trinajstić information content (AvgIpc) is 3.27. The zero-order valence-corrected chi connectivity index (χ0v) is 19.1. The predicted octanol–water partition coefficient (Wildman–Crippen LogP) is 6.35. The highest BCUT2D eigenvalue weighted by Gasteiger charge is 2.27. The van der Waals surface area contributed by atoms with E-state index in [-0.39, 0.29) is 23.7 Å². The van der Waals surface area contributed by atoms with Gasteiger partial charge in [-0.2, -0.15) is 0 Å². The van der Waals surface area contributed by atoms with Gasteiger partial charge in [-0.1, -0.05) is 89.6 Å². The molecule has 0 saturated heterocycles. The monoisotopic (exact) mass is 472 g/mol. The van der Waals surface area contributed by atoms with E-state index in [2.05, 4.69) is 10.5 Å². The van der Waals surface area contributed by atoms with Gasteiger partial charge < -0.3 is 9.26 Å². The number of hydrogen-bond donors (Lipinski definition) is 1. The van der Waals surface area contributed by atoms with Gasteiger partial charge in [0.05, 0.1) is 6.61 Å². The van der Waals surface area contributed by atoms with Crippen LogP contribution in [-0.2, 0) is 9.53 Å². The second-order valence-corrected chi connectivity index (χ2v) is 7.69. The first-order valence-corrected chi connectivity index (χ1v) is 11.0. The fraction of sp³-hybridized carbons (Fsp3) is 0.0741. The number of nitrogens with one attached hydrogen (secondary N) is 1. The Morgan fingerprint density at radius 2 is 1.62 bits per heavy atom. The molecule has 0 aliphatic heterocycles. The summed E-state index contributed by atoms with van der Waals surface area (Å²) in [5.74, 6) is -1.21. The lowest BCUT2D eigenvalue weighted by atomic mass is 10.0. The van der Waals surface area contributed by atoms with Crippen LogP contribution in [0.25, 0.3) is 22.9 Å². The topological polar surface area (TPSA) is 81.4 Å². The standard InChI is InChI=1S/C27H21ClN2O4/c1-2-33-27(32)23-24(20-13-15-21(28)16-14-20)30-34-26(23)29-25(31)22(19-11-7-4-8-12-19)17-18-9-5-3-6-10-18/h3-17H,2H2,1H3,(H,29,31)/b22-17-. The van der Waals surface area contributed by atoms with Crippen molar-refractivity contribution < 1.29 is 18.8 Å². The molecule has 4 aromatic rings. The Bertz CT molecular complexity index is 1310. The van der Waals surface area contributed by atoms with Gasteiger partial charge in [-0.3, -0.25) is 10.1 Å². The summed E-state index contributed by atoms with van der Waals surface area (Å²) in [6.07, 6.45) is 1.77. The van der Waals surface area contributed by atoms with Crippen molar-refractivity contribution in [3.05, 3.63) is 107 Å². The maximum Gasteiger partial charge on any atom is 0.346 e. The minimum absolute atomic E-state index is 0.0321. The van der Waals surface area contributed by atoms with E-state index in [1.165, 1.54) is 0 Å². The van der Waals surface area contributed by atoms with Gasteiger partial charge in [0.25, 0.3) is 5.91 Å². The number of hydrogen-bond acceptors (Lipinski definition) is 5. The third-order valence-electron chi connectivity index (χ3n) is 4.96. The van der Waals surface area contributed by atoms with Gasteiger partial charge in [-0.05, 0) is 36.3 Å². The van der Waals surface area contributed by atoms with Crippen LogP contribution in [0.1, 0.15) is 28.4 Å². The molecule has 1 N–H and O–H groups in total. The molecule has 4 rings (SSSR count). The molecule has 0 spiro atoms. The van der Waals surface area contributed by atoms with Crippen molar-refractivity contribution >= 4 is 41.0 Å². The molecule has 1 amide bonds. The number of anilines is 1. The zero-order chi connectivity index (χ0) is 23.9. The molecule has 0 saturated carbocycles. The number of ether oxygens (including phenoxy) is 1. The van der Waals surface area contributed by atoms with Gasteiger partial charge >= 0.3 is 5.97 Å². The number of carbonyl (C=O) groups is 2. The molecular weight excluding hydrogens is 452 g/mol. The largest absolute Gasteiger partial charge is 0.462 e. The Kier molecular flexibility index (Phi) is 7.20. The van der Waals surface area contributed by atoms with Crippen LogP contribution in [0.4, 0.5) is 5.88 Å². The Hall–Kier alpha value is -4.16. The number of carbonyl (C=O) groups excluding carboxylic acids is 2. The SMILES string of the molecule is CCOC(=O)c1c(-c2ccc(Cl)cc2)noc1NC(=O)/C(=C\c1ccccc1)c1ccccc1. The van der Waals surface area contributed by atoms with E-state index in [9.17, 15) is 9.59 Å². The Balaban J connectivity index is 1.74. The summed E-state index contributed by atoms with van der Waals surface area (Å²) in [6.45, 7) is 1.85. The minimum atomic E-state index is -0.655. The van der Waals surface area contributed by atoms with Crippen molar-refractivity contribution in [1.29, 1.82) is 0 Å². The lowest BCUT2D eigenvalue weighted by Crippen LogP contribution is -2.16. The predicted molar refractivity (Wildman–Crippen MR) is 132 cm³/mol. The Morgan fingerprint density at radius 3 is 2.26 bits per heavy atom. The van der Waals surface area contributed by atoms with Crippen LogP contribution < -0.4 is 5.32 Å². The van der Waals surface area contributed by atoms with Gasteiger partial charge in [0.1, 0.15) is 5.69 Å². The van der Waals surface area contributed by atoms with Crippen LogP contribution in [0.3, 0.4) is 0 Å². The summed E-state index contributed by atoms with van der Waals surface area (Å²) in [6, 6.07) is 25.5. The molecule has 1 aromatic heterocycles. The summed E-state index contributed by atoms with van der Waals surface area (Å²) >= 11 is 5.99. The molecule has 0 aliphatic rings. The van der Waals surface area contributed by atoms with Crippen LogP contribution >= 0.6 is 11.6 Å². The van der Waals surface area contributed by atoms with E-state index in [1.807, 2.05) is 60.7 Å². The summed E-state index contributed by atoms with van der Waals surface area (Å²) in [5.41, 5.74) is 2.83. The molecule has 3 aromatic carbocycles. The number of benzene rings is 3. The van der Waals surface area contributed by atoms with Crippen LogP contribution in [0.2, 0.25) is 5.02 Å². The Labute approximate surface area is 201 Å². The number of aromatic nitrogens is 1. The molecule has 0 radical (unpaired) electrons. The maximum atomic E-state index is 13.4. The molecular formula is C27H21ClN2O4. The van der Waals surface area contributed by atoms with E-state index in [1.54, 1.807) is 37.3 Å². The highest BCUT2D eigenvalue weighted by molar-refractivity contribution is 6.30. The van der Waals surface area contributed by atoms with Crippen molar-refractivity contribution in [3.8, 4) is 11.3 Å². The smallest absolute Gasteiger partial charge is 0.346 e. The number of nitrogens with zero attached hydrogens (tertiary/aromatic N) is 1. The van der Waals surface area contributed by atoms with Crippen LogP contribution in [-0.4, -0.2) is 23.6 Å². The molecule has 170 valence electrons. The fourth-order valence-corrected chi connectivity index (χ4v) is 3.48. The van der Waals surface area contributed by atoms with Crippen molar-refractivity contribution in [2.24, 2.45) is 0 Å². The summed E-state index contributed by atoms with van der Waals surface area (Å²) in [5, 5.41) is 7.28. The van der Waals surface area contributed by atoms with Crippen molar-refractivity contribution in [3.63, 3.8) is 0 Å². The molecule has 0 atom stereocenters. The van der Waals surface area contributed by atoms with Crippen LogP contribution in [0, 0.1) is 0 Å². The van der Waals surface area contributed by atoms with Gasteiger partial charge in [-0.15, -0.1) is 0 Å². The van der Waals surface area contributed by atoms with E-state index in [4.69, 9.17) is 20.9 Å². The van der Waals surface area contributed by atoms with E-state index in [0.29, 0.717) is 21.7 Å². The molecule has 0 bridgehead atoms. The molecule has 6 nitrogen and oxygen atoms in total. The van der Waals surface area contributed by atoms with Gasteiger partial charge in [0.2, 0.25) is 5.88 Å². The number of halogens is 1. The summed E-state index contributed by atoms with van der Waals surface area (Å²) < 4.78 is 10.6. The van der Waals surface area contributed by atoms with E-state index < -0.39 is 11.9 Å². The molecule has 0 aliphatic carbocycles. The second kappa shape index (κ2) is 10.6. The van der Waals surface area contributed by atoms with Gasteiger partial charge in [0, 0.05) is 16.2 Å². The van der Waals surface area contributed by atoms with Crippen molar-refractivity contribution in [2.45, 2.75) is 6.92 Å². The molecule has 7 heteroatoms. The number of amides is 1. The average molecular weight is 473 g/mol. The third kappa shape index (κ3) is 5.24. The molecule has 0 fully saturated rings. The highest BCUT2D eigenvalue weighted by atomic mass is 35.5. The van der Waals surface area contributed by atoms with E-state index in [0.717, 1.165) is 5.56 Å². The molecule has 0 unspecified atom stereocenters. The first-order chi connectivity index (χ1) is 16.6. The fourth-order valence-electron chi connectivity index (χ4n) is 3.36. The van der Waals surface area contributed by atoms with Gasteiger partial charge in [-0.25, -0.2) is 4.79 Å². The first kappa shape index (κ1) is 23.0. The number of rotatable bonds is 7. The van der Waals surface area contributed by atoms with Crippen LogP contribution in [0.15, 0.2) is 89.5 Å². The summed E-state index contributed by atoms with van der Waals surface area (Å²) in [7, 11) is 0. The van der Waals surface area contributed by atoms with Gasteiger partial charge in [0.15, 0.2) is 5.56 Å². The molecule has 1 heterocycles. The number of esters is 1. The first-order valence-electron chi connectivity index (χ1n) is 10.6. The minimum Gasteiger partial charge on any atom is -0.462 e. The van der Waals surface area contributed by atoms with Crippen LogP contribution in [0.5, 0.6) is 0 Å². The van der Waals surface area contributed by atoms with Crippen molar-refractivity contribution in [1.82, 2.24) is 5.16 Å². The molecule has 34 heavy (non-hydrogen) atoms. The lowest BCUT2D eigenvalue weighted by molar-refractivity contribution is -0.111. The summed E-state index contributed by atoms with van der Waals surface area (Å²) in [4.78, 5) is 26.2. The van der Waals surface area contributed by atoms with E-state index >= 15 is 0 Å². The second-order valence-electron chi connectivity index (χ2n) is 7.25. The third-order valence-corrected chi connectivity index (χ3v) is 5.21. The normalized spacial score (nSPS) is 11.2. The maximum absolute atomic E-state index is 13.4. The Morgan fingerprint density at radius 1 is 0.971 bits per heavy atom. The zero-order valence-electron chi connectivity index (χ0n) is 18.3. The quantitative estimate of drug-likeness (QED) is 0.192. The van der Waals surface area contributed by atoms with Crippen molar-refractivity contribution in [2.75, 3.05) is 11.9 Å². The lowest BCUT2D eigenvalue weighted by Gasteiger charge is -2.09.